The van der Waals surface area contributed by atoms with Gasteiger partial charge in [-0.05, 0) is 67.9 Å². The molecule has 1 saturated heterocycles. The van der Waals surface area contributed by atoms with Crippen LogP contribution in [0.2, 0.25) is 5.02 Å². The van der Waals surface area contributed by atoms with Gasteiger partial charge in [0.2, 0.25) is 5.88 Å². The summed E-state index contributed by atoms with van der Waals surface area (Å²) in [6.07, 6.45) is 6.38. The van der Waals surface area contributed by atoms with Gasteiger partial charge in [0.05, 0.1) is 11.2 Å². The van der Waals surface area contributed by atoms with Crippen LogP contribution in [-0.2, 0) is 0 Å². The van der Waals surface area contributed by atoms with E-state index in [1.807, 2.05) is 4.90 Å². The molecule has 1 N–H and O–H groups in total. The van der Waals surface area contributed by atoms with E-state index >= 15 is 0 Å². The molecule has 3 heterocycles. The summed E-state index contributed by atoms with van der Waals surface area (Å²) in [5.74, 6) is -1.48. The van der Waals surface area contributed by atoms with Gasteiger partial charge in [-0.2, -0.15) is 0 Å². The number of halogens is 3. The summed E-state index contributed by atoms with van der Waals surface area (Å²) < 4.78 is 32.6. The fourth-order valence-electron chi connectivity index (χ4n) is 5.12. The summed E-state index contributed by atoms with van der Waals surface area (Å²) in [4.78, 5) is 35.1. The highest BCUT2D eigenvalue weighted by molar-refractivity contribution is 6.30. The second-order valence-electron chi connectivity index (χ2n) is 9.65. The van der Waals surface area contributed by atoms with Crippen LogP contribution in [0.5, 0.6) is 11.6 Å². The lowest BCUT2D eigenvalue weighted by atomic mass is 9.72. The van der Waals surface area contributed by atoms with Gasteiger partial charge >= 0.3 is 0 Å². The molecule has 0 radical (unpaired) electrons. The Balaban J connectivity index is 1.13. The molecule has 2 aliphatic rings. The van der Waals surface area contributed by atoms with Gasteiger partial charge in [-0.1, -0.05) is 11.6 Å². The van der Waals surface area contributed by atoms with Crippen LogP contribution in [0.15, 0.2) is 54.9 Å². The average molecular weight is 527 g/mol. The van der Waals surface area contributed by atoms with Gasteiger partial charge in [0.15, 0.2) is 11.5 Å². The van der Waals surface area contributed by atoms with Gasteiger partial charge in [-0.3, -0.25) is 9.59 Å². The Morgan fingerprint density at radius 3 is 2.46 bits per heavy atom. The number of rotatable bonds is 5. The van der Waals surface area contributed by atoms with Crippen molar-refractivity contribution in [1.82, 2.24) is 20.2 Å². The first-order chi connectivity index (χ1) is 17.8. The topological polar surface area (TPSA) is 84.4 Å². The molecule has 37 heavy (non-hydrogen) atoms. The number of pyridine rings is 2. The first-order valence-electron chi connectivity index (χ1n) is 12.1. The zero-order chi connectivity index (χ0) is 26.0. The average Bonchev–Trinajstić information content (AvgIpc) is 3.30. The highest BCUT2D eigenvalue weighted by atomic mass is 35.5. The van der Waals surface area contributed by atoms with Crippen molar-refractivity contribution < 1.29 is 23.1 Å². The Labute approximate surface area is 217 Å². The number of carbonyl (C=O) groups excluding carboxylic acids is 2. The molecule has 0 atom stereocenters. The summed E-state index contributed by atoms with van der Waals surface area (Å²) in [5.41, 5.74) is 0.197. The van der Waals surface area contributed by atoms with Crippen molar-refractivity contribution in [2.75, 3.05) is 13.1 Å². The Bertz CT molecular complexity index is 1300. The lowest BCUT2D eigenvalue weighted by Crippen LogP contribution is -2.42. The first-order valence-corrected chi connectivity index (χ1v) is 12.5. The van der Waals surface area contributed by atoms with Crippen molar-refractivity contribution in [1.29, 1.82) is 0 Å². The Hall–Kier alpha value is -3.59. The Morgan fingerprint density at radius 1 is 1.03 bits per heavy atom. The van der Waals surface area contributed by atoms with Gasteiger partial charge in [0.25, 0.3) is 11.8 Å². The Morgan fingerprint density at radius 2 is 1.78 bits per heavy atom. The van der Waals surface area contributed by atoms with E-state index in [9.17, 15) is 18.4 Å². The van der Waals surface area contributed by atoms with E-state index in [-0.39, 0.29) is 17.4 Å². The van der Waals surface area contributed by atoms with Crippen LogP contribution in [-0.4, -0.2) is 45.8 Å². The van der Waals surface area contributed by atoms with Gasteiger partial charge in [-0.25, -0.2) is 18.7 Å². The predicted octanol–water partition coefficient (Wildman–Crippen LogP) is 5.41. The summed E-state index contributed by atoms with van der Waals surface area (Å²) >= 11 is 5.84. The van der Waals surface area contributed by atoms with Crippen LogP contribution in [0, 0.1) is 17.0 Å². The first kappa shape index (κ1) is 25.1. The standard InChI is InChI=1S/C27H25ClF2N4O3/c28-18-3-6-23(31-14-18)37-21-4-1-17(2-5-21)26(36)34-12-11-27(16-34)9-7-20(8-10-27)33-25(35)24-22(30)13-19(29)15-32-24/h1-6,13-15,20H,7-12,16H2,(H,33,35). The van der Waals surface area contributed by atoms with Crippen LogP contribution in [0.1, 0.15) is 53.0 Å². The van der Waals surface area contributed by atoms with E-state index in [1.165, 1.54) is 6.20 Å². The second-order valence-corrected chi connectivity index (χ2v) is 10.1. The molecule has 0 bridgehead atoms. The second kappa shape index (κ2) is 10.4. The minimum absolute atomic E-state index is 0.0135. The third-order valence-electron chi connectivity index (χ3n) is 7.15. The van der Waals surface area contributed by atoms with Crippen molar-refractivity contribution >= 4 is 23.4 Å². The number of aromatic nitrogens is 2. The lowest BCUT2D eigenvalue weighted by Gasteiger charge is -2.37. The van der Waals surface area contributed by atoms with Gasteiger partial charge in [-0.15, -0.1) is 0 Å². The highest BCUT2D eigenvalue weighted by Gasteiger charge is 2.42. The predicted molar refractivity (Wildman–Crippen MR) is 133 cm³/mol. The SMILES string of the molecule is O=C(NC1CCC2(CC1)CCN(C(=O)c1ccc(Oc3ccc(Cl)cn3)cc1)C2)c1ncc(F)cc1F. The van der Waals surface area contributed by atoms with Crippen molar-refractivity contribution in [3.05, 3.63) is 82.8 Å². The number of likely N-dealkylation sites (tertiary alicyclic amines) is 1. The maximum Gasteiger partial charge on any atom is 0.273 e. The van der Waals surface area contributed by atoms with E-state index in [0.29, 0.717) is 41.4 Å². The molecule has 1 spiro atoms. The van der Waals surface area contributed by atoms with Crippen LogP contribution in [0.25, 0.3) is 0 Å². The van der Waals surface area contributed by atoms with E-state index < -0.39 is 23.2 Å². The van der Waals surface area contributed by atoms with Crippen molar-refractivity contribution in [3.8, 4) is 11.6 Å². The molecule has 1 aromatic carbocycles. The fourth-order valence-corrected chi connectivity index (χ4v) is 5.23. The molecule has 2 aromatic heterocycles. The third-order valence-corrected chi connectivity index (χ3v) is 7.38. The van der Waals surface area contributed by atoms with Gasteiger partial charge < -0.3 is 15.0 Å². The van der Waals surface area contributed by atoms with E-state index in [0.717, 1.165) is 38.3 Å². The smallest absolute Gasteiger partial charge is 0.273 e. The molecule has 3 aromatic rings. The van der Waals surface area contributed by atoms with Crippen LogP contribution in [0.4, 0.5) is 8.78 Å². The van der Waals surface area contributed by atoms with Crippen LogP contribution < -0.4 is 10.1 Å². The number of nitrogens with one attached hydrogen (secondary N) is 1. The van der Waals surface area contributed by atoms with Crippen LogP contribution in [0.3, 0.4) is 0 Å². The van der Waals surface area contributed by atoms with Gasteiger partial charge in [0.1, 0.15) is 11.6 Å². The van der Waals surface area contributed by atoms with E-state index in [1.54, 1.807) is 36.4 Å². The quantitative estimate of drug-likeness (QED) is 0.481. The maximum atomic E-state index is 13.9. The molecule has 5 rings (SSSR count). The summed E-state index contributed by atoms with van der Waals surface area (Å²) in [5, 5.41) is 3.34. The molecule has 7 nitrogen and oxygen atoms in total. The number of benzene rings is 1. The van der Waals surface area contributed by atoms with Crippen LogP contribution >= 0.6 is 11.6 Å². The van der Waals surface area contributed by atoms with E-state index in [4.69, 9.17) is 16.3 Å². The summed E-state index contributed by atoms with van der Waals surface area (Å²) in [6, 6.07) is 10.9. The zero-order valence-electron chi connectivity index (χ0n) is 19.9. The zero-order valence-corrected chi connectivity index (χ0v) is 20.7. The highest BCUT2D eigenvalue weighted by Crippen LogP contribution is 2.44. The number of nitrogens with zero attached hydrogens (tertiary/aromatic N) is 3. The molecule has 1 saturated carbocycles. The van der Waals surface area contributed by atoms with Gasteiger partial charge in [0, 0.05) is 43.0 Å². The molecule has 1 aliphatic heterocycles. The Kier molecular flexibility index (Phi) is 7.06. The maximum absolute atomic E-state index is 13.9. The number of hydrogen-bond acceptors (Lipinski definition) is 5. The molecule has 2 fully saturated rings. The number of amides is 2. The molecule has 0 unspecified atom stereocenters. The van der Waals surface area contributed by atoms with Crippen molar-refractivity contribution in [2.45, 2.75) is 38.1 Å². The van der Waals surface area contributed by atoms with Crippen molar-refractivity contribution in [3.63, 3.8) is 0 Å². The minimum atomic E-state index is -0.976. The van der Waals surface area contributed by atoms with E-state index in [2.05, 4.69) is 15.3 Å². The largest absolute Gasteiger partial charge is 0.439 e. The summed E-state index contributed by atoms with van der Waals surface area (Å²) in [6.45, 7) is 1.33. The molecular weight excluding hydrogens is 502 g/mol. The molecule has 1 aliphatic carbocycles. The monoisotopic (exact) mass is 526 g/mol. The molecule has 192 valence electrons. The number of carbonyl (C=O) groups is 2. The number of ether oxygens (including phenoxy) is 1. The normalized spacial score (nSPS) is 21.2. The van der Waals surface area contributed by atoms with Crippen molar-refractivity contribution in [2.24, 2.45) is 5.41 Å². The minimum Gasteiger partial charge on any atom is -0.439 e. The summed E-state index contributed by atoms with van der Waals surface area (Å²) in [7, 11) is 0. The molecular formula is C27H25ClF2N4O3. The molecule has 2 amide bonds. The number of hydrogen-bond donors (Lipinski definition) is 1. The molecule has 10 heteroatoms. The third kappa shape index (κ3) is 5.72. The fraction of sp³-hybridized carbons (Fsp3) is 0.333. The lowest BCUT2D eigenvalue weighted by molar-refractivity contribution is 0.0750.